The maximum absolute atomic E-state index is 12.0. The van der Waals surface area contributed by atoms with Crippen molar-refractivity contribution < 1.29 is 13.5 Å². The topological polar surface area (TPSA) is 81.7 Å². The molecule has 0 atom stereocenters. The summed E-state index contributed by atoms with van der Waals surface area (Å²) >= 11 is 0. The van der Waals surface area contributed by atoms with Crippen molar-refractivity contribution in [1.82, 2.24) is 9.62 Å². The fourth-order valence-corrected chi connectivity index (χ4v) is 5.06. The van der Waals surface area contributed by atoms with Crippen LogP contribution in [0, 0.1) is 6.92 Å². The molecule has 33 heavy (non-hydrogen) atoms. The number of aryl methyl sites for hydroxylation is 1. The van der Waals surface area contributed by atoms with Crippen molar-refractivity contribution in [2.24, 2.45) is 0 Å². The minimum absolute atomic E-state index is 0.137. The third-order valence-electron chi connectivity index (χ3n) is 6.10. The second-order valence-corrected chi connectivity index (χ2v) is 10.5. The Morgan fingerprint density at radius 1 is 1.06 bits per heavy atom. The number of rotatable bonds is 8. The van der Waals surface area contributed by atoms with Crippen LogP contribution >= 0.6 is 0 Å². The molecule has 4 rings (SSSR count). The Balaban J connectivity index is 1.55. The highest BCUT2D eigenvalue weighted by atomic mass is 32.2. The van der Waals surface area contributed by atoms with Gasteiger partial charge in [0.2, 0.25) is 10.0 Å². The number of aliphatic hydroxyl groups is 1. The molecule has 0 bridgehead atoms. The van der Waals surface area contributed by atoms with Gasteiger partial charge < -0.3 is 15.7 Å². The molecule has 3 N–H and O–H groups in total. The van der Waals surface area contributed by atoms with E-state index < -0.39 is 10.0 Å². The number of hydrogen-bond donors (Lipinski definition) is 3. The molecule has 0 amide bonds. The van der Waals surface area contributed by atoms with Gasteiger partial charge in [-0.05, 0) is 64.9 Å². The van der Waals surface area contributed by atoms with E-state index in [9.17, 15) is 8.42 Å². The van der Waals surface area contributed by atoms with E-state index in [1.165, 1.54) is 32.8 Å². The molecule has 6 nitrogen and oxygen atoms in total. The lowest BCUT2D eigenvalue weighted by atomic mass is 9.97. The largest absolute Gasteiger partial charge is 0.395 e. The lowest BCUT2D eigenvalue weighted by Gasteiger charge is -2.28. The second kappa shape index (κ2) is 10.1. The molecule has 0 saturated heterocycles. The first-order chi connectivity index (χ1) is 15.8. The van der Waals surface area contributed by atoms with Crippen LogP contribution in [0.5, 0.6) is 0 Å². The smallest absolute Gasteiger partial charge is 0.211 e. The Morgan fingerprint density at radius 3 is 2.58 bits per heavy atom. The maximum atomic E-state index is 12.0. The summed E-state index contributed by atoms with van der Waals surface area (Å²) in [6.07, 6.45) is 1.96. The SMILES string of the molecule is Cc1ccc(Nc2cccc3c2CCN(S(C)(=O)=O)C3)cc1-c1ccc(CNCCO)cc1. The highest BCUT2D eigenvalue weighted by molar-refractivity contribution is 7.88. The Hall–Kier alpha value is -2.71. The van der Waals surface area contributed by atoms with Gasteiger partial charge in [0, 0.05) is 37.6 Å². The Bertz CT molecular complexity index is 1220. The summed E-state index contributed by atoms with van der Waals surface area (Å²) in [4.78, 5) is 0. The molecule has 0 aliphatic carbocycles. The quantitative estimate of drug-likeness (QED) is 0.441. The third-order valence-corrected chi connectivity index (χ3v) is 7.35. The van der Waals surface area contributed by atoms with Gasteiger partial charge >= 0.3 is 0 Å². The number of nitrogens with one attached hydrogen (secondary N) is 2. The van der Waals surface area contributed by atoms with Crippen LogP contribution in [-0.2, 0) is 29.5 Å². The first-order valence-electron chi connectivity index (χ1n) is 11.2. The summed E-state index contributed by atoms with van der Waals surface area (Å²) in [6.45, 7) is 4.49. The van der Waals surface area contributed by atoms with E-state index in [0.29, 0.717) is 26.1 Å². The van der Waals surface area contributed by atoms with Crippen LogP contribution in [0.2, 0.25) is 0 Å². The summed E-state index contributed by atoms with van der Waals surface area (Å²) in [7, 11) is -3.19. The highest BCUT2D eigenvalue weighted by Gasteiger charge is 2.24. The number of hydrogen-bond acceptors (Lipinski definition) is 5. The fourth-order valence-electron chi connectivity index (χ4n) is 4.26. The van der Waals surface area contributed by atoms with Gasteiger partial charge in [-0.1, -0.05) is 42.5 Å². The molecule has 0 aromatic heterocycles. The monoisotopic (exact) mass is 465 g/mol. The average molecular weight is 466 g/mol. The molecule has 0 radical (unpaired) electrons. The molecular weight excluding hydrogens is 434 g/mol. The standard InChI is InChI=1S/C26H31N3O3S/c1-19-6-11-23(16-25(19)21-9-7-20(8-10-21)17-27-13-15-30)28-26-5-3-4-22-18-29(33(2,31)32)14-12-24(22)26/h3-11,16,27-28,30H,12-15,17-18H2,1-2H3. The molecule has 1 aliphatic rings. The van der Waals surface area contributed by atoms with Gasteiger partial charge in [0.25, 0.3) is 0 Å². The van der Waals surface area contributed by atoms with Gasteiger partial charge in [0.15, 0.2) is 0 Å². The van der Waals surface area contributed by atoms with Gasteiger partial charge in [0.1, 0.15) is 0 Å². The Labute approximate surface area is 196 Å². The van der Waals surface area contributed by atoms with Gasteiger partial charge in [-0.25, -0.2) is 8.42 Å². The zero-order chi connectivity index (χ0) is 23.4. The van der Waals surface area contributed by atoms with Gasteiger partial charge in [-0.15, -0.1) is 0 Å². The van der Waals surface area contributed by atoms with Crippen molar-refractivity contribution >= 4 is 21.4 Å². The van der Waals surface area contributed by atoms with E-state index in [2.05, 4.69) is 66.1 Å². The van der Waals surface area contributed by atoms with Crippen molar-refractivity contribution in [3.63, 3.8) is 0 Å². The van der Waals surface area contributed by atoms with E-state index >= 15 is 0 Å². The summed E-state index contributed by atoms with van der Waals surface area (Å²) in [6, 6.07) is 20.9. The molecule has 3 aromatic rings. The first kappa shape index (κ1) is 23.4. The second-order valence-electron chi connectivity index (χ2n) is 8.54. The van der Waals surface area contributed by atoms with Crippen molar-refractivity contribution in [3.8, 4) is 11.1 Å². The zero-order valence-corrected chi connectivity index (χ0v) is 20.0. The molecule has 174 valence electrons. The number of nitrogens with zero attached hydrogens (tertiary/aromatic N) is 1. The van der Waals surface area contributed by atoms with Gasteiger partial charge in [-0.3, -0.25) is 0 Å². The minimum atomic E-state index is -3.19. The van der Waals surface area contributed by atoms with Crippen molar-refractivity contribution in [3.05, 3.63) is 82.9 Å². The molecule has 0 saturated carbocycles. The minimum Gasteiger partial charge on any atom is -0.395 e. The first-order valence-corrected chi connectivity index (χ1v) is 13.0. The average Bonchev–Trinajstić information content (AvgIpc) is 2.80. The molecule has 1 heterocycles. The molecule has 0 unspecified atom stereocenters. The highest BCUT2D eigenvalue weighted by Crippen LogP contribution is 2.32. The van der Waals surface area contributed by atoms with E-state index in [4.69, 9.17) is 5.11 Å². The van der Waals surface area contributed by atoms with Crippen LogP contribution in [0.4, 0.5) is 11.4 Å². The van der Waals surface area contributed by atoms with Crippen LogP contribution in [0.25, 0.3) is 11.1 Å². The number of anilines is 2. The van der Waals surface area contributed by atoms with Crippen LogP contribution in [0.3, 0.4) is 0 Å². The summed E-state index contributed by atoms with van der Waals surface area (Å²) in [5.74, 6) is 0. The normalized spacial score (nSPS) is 14.2. The van der Waals surface area contributed by atoms with Crippen molar-refractivity contribution in [2.45, 2.75) is 26.4 Å². The molecule has 0 fully saturated rings. The predicted octanol–water partition coefficient (Wildman–Crippen LogP) is 3.81. The predicted molar refractivity (Wildman–Crippen MR) is 134 cm³/mol. The number of sulfonamides is 1. The van der Waals surface area contributed by atoms with Crippen LogP contribution in [0.15, 0.2) is 60.7 Å². The van der Waals surface area contributed by atoms with E-state index in [-0.39, 0.29) is 6.61 Å². The fraction of sp³-hybridized carbons (Fsp3) is 0.308. The van der Waals surface area contributed by atoms with Crippen LogP contribution in [-0.4, -0.2) is 43.8 Å². The summed E-state index contributed by atoms with van der Waals surface area (Å²) < 4.78 is 25.5. The number of benzene rings is 3. The van der Waals surface area contributed by atoms with E-state index in [0.717, 1.165) is 29.0 Å². The Kier molecular flexibility index (Phi) is 7.14. The lowest BCUT2D eigenvalue weighted by molar-refractivity contribution is 0.292. The molecule has 3 aromatic carbocycles. The lowest BCUT2D eigenvalue weighted by Crippen LogP contribution is -2.35. The van der Waals surface area contributed by atoms with Crippen molar-refractivity contribution in [2.75, 3.05) is 31.3 Å². The third kappa shape index (κ3) is 5.62. The van der Waals surface area contributed by atoms with E-state index in [1.807, 2.05) is 12.1 Å². The van der Waals surface area contributed by atoms with Crippen LogP contribution < -0.4 is 10.6 Å². The molecular formula is C26H31N3O3S. The summed E-state index contributed by atoms with van der Waals surface area (Å²) in [5, 5.41) is 15.7. The van der Waals surface area contributed by atoms with Gasteiger partial charge in [-0.2, -0.15) is 4.31 Å². The molecule has 1 aliphatic heterocycles. The van der Waals surface area contributed by atoms with E-state index in [1.54, 1.807) is 0 Å². The van der Waals surface area contributed by atoms with Gasteiger partial charge in [0.05, 0.1) is 12.9 Å². The molecule has 7 heteroatoms. The Morgan fingerprint density at radius 2 is 1.85 bits per heavy atom. The number of aliphatic hydroxyl groups excluding tert-OH is 1. The van der Waals surface area contributed by atoms with Crippen molar-refractivity contribution in [1.29, 1.82) is 0 Å². The number of fused-ring (bicyclic) bond motifs is 1. The van der Waals surface area contributed by atoms with Crippen LogP contribution in [0.1, 0.15) is 22.3 Å². The molecule has 0 spiro atoms. The zero-order valence-electron chi connectivity index (χ0n) is 19.1. The maximum Gasteiger partial charge on any atom is 0.211 e. The summed E-state index contributed by atoms with van der Waals surface area (Å²) in [5.41, 5.74) is 8.96.